The number of aliphatic hydroxyl groups is 1. The lowest BCUT2D eigenvalue weighted by Gasteiger charge is -2.08. The Bertz CT molecular complexity index is 402. The van der Waals surface area contributed by atoms with Crippen LogP contribution in [0.1, 0.15) is 17.5 Å². The zero-order chi connectivity index (χ0) is 10.5. The first-order valence-corrected chi connectivity index (χ1v) is 4.85. The Balaban J connectivity index is 2.08. The summed E-state index contributed by atoms with van der Waals surface area (Å²) in [4.78, 5) is 8.25. The van der Waals surface area contributed by atoms with E-state index in [2.05, 4.69) is 9.97 Å². The summed E-state index contributed by atoms with van der Waals surface area (Å²) in [5.41, 5.74) is 1.55. The fraction of sp³-hybridized carbons (Fsp3) is 0.167. The Labute approximate surface area is 88.5 Å². The van der Waals surface area contributed by atoms with Crippen LogP contribution in [0.2, 0.25) is 0 Å². The van der Waals surface area contributed by atoms with Gasteiger partial charge in [-0.05, 0) is 24.3 Å². The van der Waals surface area contributed by atoms with Gasteiger partial charge in [-0.15, -0.1) is 0 Å². The predicted octanol–water partition coefficient (Wildman–Crippen LogP) is 1.75. The van der Waals surface area contributed by atoms with Crippen molar-refractivity contribution < 1.29 is 5.11 Å². The van der Waals surface area contributed by atoms with Crippen LogP contribution in [0.3, 0.4) is 0 Å². The highest BCUT2D eigenvalue weighted by Crippen LogP contribution is 2.13. The molecule has 0 aliphatic heterocycles. The van der Waals surface area contributed by atoms with Crippen molar-refractivity contribution >= 4 is 0 Å². The third-order valence-corrected chi connectivity index (χ3v) is 2.16. The summed E-state index contributed by atoms with van der Waals surface area (Å²) in [5.74, 6) is 0. The van der Waals surface area contributed by atoms with Crippen LogP contribution in [0.25, 0.3) is 0 Å². The molecular weight excluding hydrogens is 188 g/mol. The van der Waals surface area contributed by atoms with Gasteiger partial charge in [0.15, 0.2) is 0 Å². The molecule has 2 aromatic rings. The Morgan fingerprint density at radius 3 is 2.33 bits per heavy atom. The topological polar surface area (TPSA) is 46.0 Å². The molecule has 15 heavy (non-hydrogen) atoms. The number of aliphatic hydroxyl groups excluding tert-OH is 1. The molecule has 0 aromatic carbocycles. The monoisotopic (exact) mass is 200 g/mol. The summed E-state index contributed by atoms with van der Waals surface area (Å²) >= 11 is 0. The molecule has 3 nitrogen and oxygen atoms in total. The van der Waals surface area contributed by atoms with Gasteiger partial charge < -0.3 is 5.11 Å². The molecule has 0 spiro atoms. The van der Waals surface area contributed by atoms with Crippen molar-refractivity contribution in [3.8, 4) is 0 Å². The van der Waals surface area contributed by atoms with E-state index in [1.165, 1.54) is 0 Å². The number of aromatic nitrogens is 2. The van der Waals surface area contributed by atoms with Gasteiger partial charge in [0.1, 0.15) is 6.10 Å². The molecule has 0 amide bonds. The molecule has 0 aliphatic rings. The second-order valence-corrected chi connectivity index (χ2v) is 3.30. The number of pyridine rings is 2. The van der Waals surface area contributed by atoms with E-state index in [1.807, 2.05) is 36.4 Å². The van der Waals surface area contributed by atoms with Gasteiger partial charge in [0.05, 0.1) is 5.69 Å². The quantitative estimate of drug-likeness (QED) is 0.821. The Hall–Kier alpha value is -1.74. The van der Waals surface area contributed by atoms with E-state index in [-0.39, 0.29) is 0 Å². The summed E-state index contributed by atoms with van der Waals surface area (Å²) in [5, 5.41) is 9.87. The normalized spacial score (nSPS) is 12.3. The lowest BCUT2D eigenvalue weighted by Crippen LogP contribution is -2.04. The molecular formula is C12H12N2O. The lowest BCUT2D eigenvalue weighted by atomic mass is 10.1. The van der Waals surface area contributed by atoms with E-state index in [1.54, 1.807) is 12.4 Å². The van der Waals surface area contributed by atoms with E-state index >= 15 is 0 Å². The maximum atomic E-state index is 9.87. The van der Waals surface area contributed by atoms with Gasteiger partial charge in [-0.2, -0.15) is 0 Å². The zero-order valence-corrected chi connectivity index (χ0v) is 8.24. The molecule has 0 saturated carbocycles. The van der Waals surface area contributed by atoms with Gasteiger partial charge in [0.2, 0.25) is 0 Å². The van der Waals surface area contributed by atoms with Gasteiger partial charge in [-0.1, -0.05) is 12.1 Å². The minimum absolute atomic E-state index is 0.498. The molecule has 0 bridgehead atoms. The SMILES string of the molecule is OC(Cc1ccccn1)c1ccccn1. The number of rotatable bonds is 3. The third-order valence-electron chi connectivity index (χ3n) is 2.16. The highest BCUT2D eigenvalue weighted by molar-refractivity contribution is 5.11. The van der Waals surface area contributed by atoms with Crippen molar-refractivity contribution in [2.75, 3.05) is 0 Å². The van der Waals surface area contributed by atoms with Gasteiger partial charge >= 0.3 is 0 Å². The second-order valence-electron chi connectivity index (χ2n) is 3.30. The molecule has 1 atom stereocenters. The van der Waals surface area contributed by atoms with Crippen LogP contribution in [0, 0.1) is 0 Å². The van der Waals surface area contributed by atoms with Gasteiger partial charge in [-0.25, -0.2) is 0 Å². The summed E-state index contributed by atoms with van der Waals surface area (Å²) in [6, 6.07) is 11.2. The lowest BCUT2D eigenvalue weighted by molar-refractivity contribution is 0.172. The molecule has 0 aliphatic carbocycles. The number of hydrogen-bond acceptors (Lipinski definition) is 3. The Morgan fingerprint density at radius 1 is 1.00 bits per heavy atom. The smallest absolute Gasteiger partial charge is 0.101 e. The van der Waals surface area contributed by atoms with Crippen LogP contribution >= 0.6 is 0 Å². The first-order valence-electron chi connectivity index (χ1n) is 4.85. The molecule has 1 unspecified atom stereocenters. The summed E-state index contributed by atoms with van der Waals surface area (Å²) in [6.07, 6.45) is 3.32. The van der Waals surface area contributed by atoms with Crippen molar-refractivity contribution in [1.82, 2.24) is 9.97 Å². The molecule has 0 saturated heterocycles. The van der Waals surface area contributed by atoms with Crippen molar-refractivity contribution in [3.05, 3.63) is 60.2 Å². The molecule has 0 radical (unpaired) electrons. The largest absolute Gasteiger partial charge is 0.386 e. The van der Waals surface area contributed by atoms with Crippen LogP contribution < -0.4 is 0 Å². The maximum Gasteiger partial charge on any atom is 0.101 e. The fourth-order valence-corrected chi connectivity index (χ4v) is 1.39. The van der Waals surface area contributed by atoms with Gasteiger partial charge in [-0.3, -0.25) is 9.97 Å². The fourth-order valence-electron chi connectivity index (χ4n) is 1.39. The number of hydrogen-bond donors (Lipinski definition) is 1. The third kappa shape index (κ3) is 2.60. The molecule has 2 rings (SSSR count). The molecule has 76 valence electrons. The molecule has 3 heteroatoms. The predicted molar refractivity (Wildman–Crippen MR) is 57.1 cm³/mol. The van der Waals surface area contributed by atoms with Gasteiger partial charge in [0.25, 0.3) is 0 Å². The number of nitrogens with zero attached hydrogens (tertiary/aromatic N) is 2. The van der Waals surface area contributed by atoms with Gasteiger partial charge in [0, 0.05) is 24.5 Å². The summed E-state index contributed by atoms with van der Waals surface area (Å²) in [7, 11) is 0. The Morgan fingerprint density at radius 2 is 1.73 bits per heavy atom. The second kappa shape index (κ2) is 4.66. The average Bonchev–Trinajstić information content (AvgIpc) is 2.31. The minimum Gasteiger partial charge on any atom is -0.386 e. The Kier molecular flexibility index (Phi) is 3.05. The molecule has 1 N–H and O–H groups in total. The van der Waals surface area contributed by atoms with E-state index in [0.29, 0.717) is 12.1 Å². The van der Waals surface area contributed by atoms with Crippen LogP contribution in [0.5, 0.6) is 0 Å². The van der Waals surface area contributed by atoms with Crippen molar-refractivity contribution in [2.24, 2.45) is 0 Å². The minimum atomic E-state index is -0.582. The van der Waals surface area contributed by atoms with Crippen molar-refractivity contribution in [2.45, 2.75) is 12.5 Å². The van der Waals surface area contributed by atoms with E-state index < -0.39 is 6.10 Å². The first-order chi connectivity index (χ1) is 7.36. The van der Waals surface area contributed by atoms with Crippen LogP contribution in [0.15, 0.2) is 48.8 Å². The highest BCUT2D eigenvalue weighted by Gasteiger charge is 2.09. The van der Waals surface area contributed by atoms with Crippen LogP contribution in [-0.2, 0) is 6.42 Å². The zero-order valence-electron chi connectivity index (χ0n) is 8.24. The molecule has 0 fully saturated rings. The average molecular weight is 200 g/mol. The van der Waals surface area contributed by atoms with Crippen LogP contribution in [-0.4, -0.2) is 15.1 Å². The van der Waals surface area contributed by atoms with Crippen LogP contribution in [0.4, 0.5) is 0 Å². The highest BCUT2D eigenvalue weighted by atomic mass is 16.3. The first kappa shape index (κ1) is 9.80. The standard InChI is InChI=1S/C12H12N2O/c15-12(11-6-2-4-8-14-11)9-10-5-1-3-7-13-10/h1-8,12,15H,9H2. The van der Waals surface area contributed by atoms with E-state index in [4.69, 9.17) is 0 Å². The van der Waals surface area contributed by atoms with Crippen molar-refractivity contribution in [3.63, 3.8) is 0 Å². The van der Waals surface area contributed by atoms with E-state index in [9.17, 15) is 5.11 Å². The summed E-state index contributed by atoms with van der Waals surface area (Å²) < 4.78 is 0. The maximum absolute atomic E-state index is 9.87. The van der Waals surface area contributed by atoms with E-state index in [0.717, 1.165) is 5.69 Å². The molecule has 2 aromatic heterocycles. The summed E-state index contributed by atoms with van der Waals surface area (Å²) in [6.45, 7) is 0. The van der Waals surface area contributed by atoms with Crippen molar-refractivity contribution in [1.29, 1.82) is 0 Å². The molecule has 2 heterocycles.